The van der Waals surface area contributed by atoms with Gasteiger partial charge in [-0.25, -0.2) is 4.98 Å². The SMILES string of the molecule is O=C1c2ccc(-n3ccnc3)cc2CC1Br. The van der Waals surface area contributed by atoms with E-state index in [2.05, 4.69) is 27.0 Å². The van der Waals surface area contributed by atoms with Gasteiger partial charge in [0.2, 0.25) is 0 Å². The second kappa shape index (κ2) is 3.56. The first-order valence-electron chi connectivity index (χ1n) is 5.05. The van der Waals surface area contributed by atoms with Crippen LogP contribution in [0.1, 0.15) is 15.9 Å². The quantitative estimate of drug-likeness (QED) is 0.750. The molecule has 0 fully saturated rings. The summed E-state index contributed by atoms with van der Waals surface area (Å²) in [7, 11) is 0. The molecule has 16 heavy (non-hydrogen) atoms. The van der Waals surface area contributed by atoms with Crippen LogP contribution in [0.2, 0.25) is 0 Å². The lowest BCUT2D eigenvalue weighted by atomic mass is 10.1. The highest BCUT2D eigenvalue weighted by atomic mass is 79.9. The first kappa shape index (κ1) is 9.78. The van der Waals surface area contributed by atoms with Crippen LogP contribution in [0.3, 0.4) is 0 Å². The highest BCUT2D eigenvalue weighted by Crippen LogP contribution is 2.28. The number of hydrogen-bond donors (Lipinski definition) is 0. The fourth-order valence-corrected chi connectivity index (χ4v) is 2.61. The Labute approximate surface area is 101 Å². The molecule has 3 nitrogen and oxygen atoms in total. The largest absolute Gasteiger partial charge is 0.306 e. The third-order valence-corrected chi connectivity index (χ3v) is 3.58. The van der Waals surface area contributed by atoms with E-state index in [-0.39, 0.29) is 10.6 Å². The van der Waals surface area contributed by atoms with Crippen molar-refractivity contribution >= 4 is 21.7 Å². The number of imidazole rings is 1. The molecule has 0 saturated heterocycles. The van der Waals surface area contributed by atoms with Crippen molar-refractivity contribution in [2.24, 2.45) is 0 Å². The Hall–Kier alpha value is -1.42. The average molecular weight is 277 g/mol. The average Bonchev–Trinajstić information content (AvgIpc) is 2.88. The molecule has 3 rings (SSSR count). The highest BCUT2D eigenvalue weighted by molar-refractivity contribution is 9.10. The molecule has 0 saturated carbocycles. The number of rotatable bonds is 1. The van der Waals surface area contributed by atoms with Crippen molar-refractivity contribution in [2.45, 2.75) is 11.2 Å². The molecule has 1 aromatic carbocycles. The summed E-state index contributed by atoms with van der Waals surface area (Å²) in [6, 6.07) is 5.90. The standard InChI is InChI=1S/C12H9BrN2O/c13-11-6-8-5-9(15-4-3-14-7-15)1-2-10(8)12(11)16/h1-5,7,11H,6H2. The third-order valence-electron chi connectivity index (χ3n) is 2.84. The van der Waals surface area contributed by atoms with Gasteiger partial charge in [-0.2, -0.15) is 0 Å². The van der Waals surface area contributed by atoms with Crippen LogP contribution in [0.4, 0.5) is 0 Å². The first-order chi connectivity index (χ1) is 7.75. The zero-order chi connectivity index (χ0) is 11.1. The third kappa shape index (κ3) is 1.41. The van der Waals surface area contributed by atoms with Crippen molar-refractivity contribution in [3.63, 3.8) is 0 Å². The Morgan fingerprint density at radius 2 is 2.31 bits per heavy atom. The van der Waals surface area contributed by atoms with Crippen molar-refractivity contribution in [1.29, 1.82) is 0 Å². The van der Waals surface area contributed by atoms with Crippen molar-refractivity contribution in [3.8, 4) is 5.69 Å². The van der Waals surface area contributed by atoms with Gasteiger partial charge in [0.1, 0.15) is 0 Å². The van der Waals surface area contributed by atoms with E-state index in [1.165, 1.54) is 0 Å². The Bertz CT molecular complexity index is 548. The maximum atomic E-state index is 11.7. The number of aromatic nitrogens is 2. The van der Waals surface area contributed by atoms with Gasteiger partial charge >= 0.3 is 0 Å². The lowest BCUT2D eigenvalue weighted by Crippen LogP contribution is -2.05. The first-order valence-corrected chi connectivity index (χ1v) is 5.97. The fourth-order valence-electron chi connectivity index (χ4n) is 2.02. The smallest absolute Gasteiger partial charge is 0.177 e. The minimum Gasteiger partial charge on any atom is -0.306 e. The summed E-state index contributed by atoms with van der Waals surface area (Å²) in [6.07, 6.45) is 6.16. The Morgan fingerprint density at radius 1 is 1.44 bits per heavy atom. The topological polar surface area (TPSA) is 34.9 Å². The molecule has 2 aromatic rings. The minimum atomic E-state index is -0.0551. The highest BCUT2D eigenvalue weighted by Gasteiger charge is 2.28. The van der Waals surface area contributed by atoms with Crippen LogP contribution < -0.4 is 0 Å². The van der Waals surface area contributed by atoms with Gasteiger partial charge in [-0.05, 0) is 30.2 Å². The number of alkyl halides is 1. The molecule has 1 aromatic heterocycles. The van der Waals surface area contributed by atoms with E-state index in [1.54, 1.807) is 12.5 Å². The lowest BCUT2D eigenvalue weighted by molar-refractivity contribution is 0.100. The molecular formula is C12H9BrN2O. The number of halogens is 1. The second-order valence-electron chi connectivity index (χ2n) is 3.85. The molecule has 1 aliphatic rings. The molecule has 1 aliphatic carbocycles. The van der Waals surface area contributed by atoms with E-state index in [0.717, 1.165) is 23.2 Å². The molecule has 4 heteroatoms. The van der Waals surface area contributed by atoms with E-state index in [1.807, 2.05) is 22.9 Å². The number of carbonyl (C=O) groups excluding carboxylic acids is 1. The maximum Gasteiger partial charge on any atom is 0.177 e. The van der Waals surface area contributed by atoms with Crippen LogP contribution in [-0.2, 0) is 6.42 Å². The number of ketones is 1. The molecule has 0 aliphatic heterocycles. The number of carbonyl (C=O) groups is 1. The molecule has 0 bridgehead atoms. The maximum absolute atomic E-state index is 11.7. The van der Waals surface area contributed by atoms with E-state index in [9.17, 15) is 4.79 Å². The molecule has 0 radical (unpaired) electrons. The van der Waals surface area contributed by atoms with Crippen molar-refractivity contribution in [3.05, 3.63) is 48.0 Å². The van der Waals surface area contributed by atoms with Gasteiger partial charge in [-0.1, -0.05) is 15.9 Å². The van der Waals surface area contributed by atoms with Crippen LogP contribution in [0, 0.1) is 0 Å². The molecule has 0 N–H and O–H groups in total. The van der Waals surface area contributed by atoms with E-state index in [4.69, 9.17) is 0 Å². The van der Waals surface area contributed by atoms with Crippen LogP contribution in [0.25, 0.3) is 5.69 Å². The van der Waals surface area contributed by atoms with Gasteiger partial charge in [0.15, 0.2) is 5.78 Å². The van der Waals surface area contributed by atoms with Crippen LogP contribution in [0.15, 0.2) is 36.9 Å². The second-order valence-corrected chi connectivity index (χ2v) is 4.95. The molecule has 80 valence electrons. The van der Waals surface area contributed by atoms with Crippen LogP contribution >= 0.6 is 15.9 Å². The summed E-state index contributed by atoms with van der Waals surface area (Å²) in [6.45, 7) is 0. The summed E-state index contributed by atoms with van der Waals surface area (Å²) in [5.41, 5.74) is 2.99. The van der Waals surface area contributed by atoms with Gasteiger partial charge in [0.25, 0.3) is 0 Å². The normalized spacial score (nSPS) is 18.8. The summed E-state index contributed by atoms with van der Waals surface area (Å²) in [4.78, 5) is 15.7. The zero-order valence-electron chi connectivity index (χ0n) is 8.43. The lowest BCUT2D eigenvalue weighted by Gasteiger charge is -2.04. The van der Waals surface area contributed by atoms with Gasteiger partial charge in [0.05, 0.1) is 11.2 Å². The molecule has 1 atom stereocenters. The number of Topliss-reactive ketones (excluding diaryl/α,β-unsaturated/α-hetero) is 1. The number of benzene rings is 1. The van der Waals surface area contributed by atoms with Gasteiger partial charge in [-0.15, -0.1) is 0 Å². The predicted octanol–water partition coefficient (Wildman–Crippen LogP) is 2.37. The summed E-state index contributed by atoms with van der Waals surface area (Å²) < 4.78 is 1.94. The van der Waals surface area contributed by atoms with E-state index >= 15 is 0 Å². The van der Waals surface area contributed by atoms with Gasteiger partial charge < -0.3 is 4.57 Å². The van der Waals surface area contributed by atoms with Crippen molar-refractivity contribution in [1.82, 2.24) is 9.55 Å². The summed E-state index contributed by atoms with van der Waals surface area (Å²) >= 11 is 3.39. The number of fused-ring (bicyclic) bond motifs is 1. The summed E-state index contributed by atoms with van der Waals surface area (Å²) in [5, 5.41) is 0. The van der Waals surface area contributed by atoms with Crippen molar-refractivity contribution in [2.75, 3.05) is 0 Å². The molecular weight excluding hydrogens is 268 g/mol. The zero-order valence-corrected chi connectivity index (χ0v) is 10.0. The minimum absolute atomic E-state index is 0.0551. The van der Waals surface area contributed by atoms with Crippen LogP contribution in [0.5, 0.6) is 0 Å². The monoisotopic (exact) mass is 276 g/mol. The molecule has 1 unspecified atom stereocenters. The van der Waals surface area contributed by atoms with Crippen molar-refractivity contribution < 1.29 is 4.79 Å². The Balaban J connectivity index is 2.09. The molecule has 1 heterocycles. The van der Waals surface area contributed by atoms with E-state index < -0.39 is 0 Å². The predicted molar refractivity (Wildman–Crippen MR) is 64.3 cm³/mol. The molecule has 0 amide bonds. The Morgan fingerprint density at radius 3 is 3.06 bits per heavy atom. The number of nitrogens with zero attached hydrogens (tertiary/aromatic N) is 2. The Kier molecular flexibility index (Phi) is 2.17. The van der Waals surface area contributed by atoms with Crippen LogP contribution in [-0.4, -0.2) is 20.2 Å². The number of hydrogen-bond acceptors (Lipinski definition) is 2. The molecule has 0 spiro atoms. The van der Waals surface area contributed by atoms with E-state index in [0.29, 0.717) is 0 Å². The summed E-state index contributed by atoms with van der Waals surface area (Å²) in [5.74, 6) is 0.187. The fraction of sp³-hybridized carbons (Fsp3) is 0.167. The van der Waals surface area contributed by atoms with Gasteiger partial charge in [-0.3, -0.25) is 4.79 Å². The van der Waals surface area contributed by atoms with Gasteiger partial charge in [0, 0.05) is 23.6 Å².